The Labute approximate surface area is 117 Å². The van der Waals surface area contributed by atoms with E-state index in [4.69, 9.17) is 4.74 Å². The lowest BCUT2D eigenvalue weighted by molar-refractivity contribution is 0.317. The third-order valence-corrected chi connectivity index (χ3v) is 3.85. The van der Waals surface area contributed by atoms with Crippen molar-refractivity contribution in [2.45, 2.75) is 57.9 Å². The first-order valence-electron chi connectivity index (χ1n) is 7.83. The fraction of sp³-hybridized carbons (Fsp3) is 0.647. The van der Waals surface area contributed by atoms with E-state index < -0.39 is 0 Å². The molecule has 0 unspecified atom stereocenters. The van der Waals surface area contributed by atoms with Gasteiger partial charge in [0.05, 0.1) is 6.61 Å². The monoisotopic (exact) mass is 261 g/mol. The van der Waals surface area contributed by atoms with Gasteiger partial charge in [-0.25, -0.2) is 0 Å². The minimum absolute atomic E-state index is 0.765. The largest absolute Gasteiger partial charge is 0.494 e. The van der Waals surface area contributed by atoms with Crippen molar-refractivity contribution in [1.29, 1.82) is 0 Å². The van der Waals surface area contributed by atoms with E-state index in [1.165, 1.54) is 37.7 Å². The summed E-state index contributed by atoms with van der Waals surface area (Å²) in [5.41, 5.74) is 1.40. The average molecular weight is 261 g/mol. The molecule has 1 aromatic carbocycles. The molecule has 0 atom stereocenters. The Hall–Kier alpha value is -1.02. The minimum Gasteiger partial charge on any atom is -0.494 e. The van der Waals surface area contributed by atoms with Gasteiger partial charge in [-0.1, -0.05) is 38.3 Å². The molecule has 1 N–H and O–H groups in total. The zero-order valence-corrected chi connectivity index (χ0v) is 12.2. The summed E-state index contributed by atoms with van der Waals surface area (Å²) in [5, 5.41) is 3.69. The lowest BCUT2D eigenvalue weighted by atomic mass is 9.95. The predicted octanol–water partition coefficient (Wildman–Crippen LogP) is 3.94. The van der Waals surface area contributed by atoms with Crippen molar-refractivity contribution < 1.29 is 4.74 Å². The quantitative estimate of drug-likeness (QED) is 0.802. The average Bonchev–Trinajstić information content (AvgIpc) is 2.47. The van der Waals surface area contributed by atoms with Crippen molar-refractivity contribution in [2.24, 2.45) is 0 Å². The van der Waals surface area contributed by atoms with Gasteiger partial charge in [-0.3, -0.25) is 0 Å². The molecule has 1 aromatic rings. The number of nitrogens with one attached hydrogen (secondary N) is 1. The van der Waals surface area contributed by atoms with Gasteiger partial charge in [-0.05, 0) is 49.9 Å². The van der Waals surface area contributed by atoms with Gasteiger partial charge >= 0.3 is 0 Å². The van der Waals surface area contributed by atoms with Crippen LogP contribution < -0.4 is 10.1 Å². The summed E-state index contributed by atoms with van der Waals surface area (Å²) in [6.07, 6.45) is 9.14. The molecule has 0 aromatic heterocycles. The molecule has 106 valence electrons. The summed E-state index contributed by atoms with van der Waals surface area (Å²) >= 11 is 0. The third kappa shape index (κ3) is 5.23. The first-order chi connectivity index (χ1) is 9.38. The maximum absolute atomic E-state index is 5.59. The van der Waals surface area contributed by atoms with Crippen molar-refractivity contribution in [3.8, 4) is 5.75 Å². The molecule has 2 nitrogen and oxygen atoms in total. The van der Waals surface area contributed by atoms with Crippen molar-refractivity contribution >= 4 is 0 Å². The Morgan fingerprint density at radius 2 is 1.84 bits per heavy atom. The smallest absolute Gasteiger partial charge is 0.119 e. The van der Waals surface area contributed by atoms with Crippen LogP contribution in [0, 0.1) is 0 Å². The molecule has 0 radical (unpaired) electrons. The van der Waals surface area contributed by atoms with Crippen molar-refractivity contribution in [3.05, 3.63) is 29.8 Å². The Balaban J connectivity index is 1.67. The molecule has 0 bridgehead atoms. The number of rotatable bonds is 7. The topological polar surface area (TPSA) is 21.3 Å². The Morgan fingerprint density at radius 1 is 1.11 bits per heavy atom. The highest BCUT2D eigenvalue weighted by molar-refractivity contribution is 5.27. The van der Waals surface area contributed by atoms with Crippen LogP contribution >= 0.6 is 0 Å². The van der Waals surface area contributed by atoms with Crippen LogP contribution in [0.1, 0.15) is 51.0 Å². The standard InChI is InChI=1S/C17H27NO/c1-2-14-19-17-10-8-15(9-11-17)12-13-18-16-6-4-3-5-7-16/h8-11,16,18H,2-7,12-14H2,1H3. The maximum atomic E-state index is 5.59. The van der Waals surface area contributed by atoms with Crippen LogP contribution in [0.2, 0.25) is 0 Å². The van der Waals surface area contributed by atoms with Gasteiger partial charge < -0.3 is 10.1 Å². The molecule has 0 saturated heterocycles. The summed E-state index contributed by atoms with van der Waals surface area (Å²) in [5.74, 6) is 0.992. The lowest BCUT2D eigenvalue weighted by Gasteiger charge is -2.22. The lowest BCUT2D eigenvalue weighted by Crippen LogP contribution is -2.32. The Kier molecular flexibility index (Phi) is 6.22. The molecule has 0 heterocycles. The second kappa shape index (κ2) is 8.21. The van der Waals surface area contributed by atoms with Crippen molar-refractivity contribution in [1.82, 2.24) is 5.32 Å². The molecule has 0 spiro atoms. The highest BCUT2D eigenvalue weighted by atomic mass is 16.5. The fourth-order valence-corrected chi connectivity index (χ4v) is 2.70. The second-order valence-corrected chi connectivity index (χ2v) is 5.53. The van der Waals surface area contributed by atoms with Gasteiger partial charge in [0, 0.05) is 6.04 Å². The Morgan fingerprint density at radius 3 is 2.53 bits per heavy atom. The van der Waals surface area contributed by atoms with Gasteiger partial charge in [-0.15, -0.1) is 0 Å². The van der Waals surface area contributed by atoms with Crippen molar-refractivity contribution in [2.75, 3.05) is 13.2 Å². The van der Waals surface area contributed by atoms with E-state index in [9.17, 15) is 0 Å². The molecule has 0 amide bonds. The number of benzene rings is 1. The molecular weight excluding hydrogens is 234 g/mol. The minimum atomic E-state index is 0.765. The third-order valence-electron chi connectivity index (χ3n) is 3.85. The van der Waals surface area contributed by atoms with E-state index >= 15 is 0 Å². The first kappa shape index (κ1) is 14.4. The summed E-state index contributed by atoms with van der Waals surface area (Å²) in [7, 11) is 0. The van der Waals surface area contributed by atoms with Gasteiger partial charge in [-0.2, -0.15) is 0 Å². The maximum Gasteiger partial charge on any atom is 0.119 e. The van der Waals surface area contributed by atoms with Crippen LogP contribution in [-0.4, -0.2) is 19.2 Å². The van der Waals surface area contributed by atoms with Gasteiger partial charge in [0.15, 0.2) is 0 Å². The summed E-state index contributed by atoms with van der Waals surface area (Å²) < 4.78 is 5.59. The Bertz CT molecular complexity index is 341. The fourth-order valence-electron chi connectivity index (χ4n) is 2.70. The molecule has 1 fully saturated rings. The molecule has 1 aliphatic carbocycles. The highest BCUT2D eigenvalue weighted by Crippen LogP contribution is 2.17. The van der Waals surface area contributed by atoms with Gasteiger partial charge in [0.2, 0.25) is 0 Å². The van der Waals surface area contributed by atoms with E-state index in [1.54, 1.807) is 0 Å². The molecule has 1 saturated carbocycles. The predicted molar refractivity (Wildman–Crippen MR) is 80.8 cm³/mol. The van der Waals surface area contributed by atoms with Crippen LogP contribution in [0.15, 0.2) is 24.3 Å². The summed E-state index contributed by atoms with van der Waals surface area (Å²) in [6.45, 7) is 4.04. The second-order valence-electron chi connectivity index (χ2n) is 5.53. The van der Waals surface area contributed by atoms with E-state index in [0.29, 0.717) is 0 Å². The van der Waals surface area contributed by atoms with Crippen molar-refractivity contribution in [3.63, 3.8) is 0 Å². The van der Waals surface area contributed by atoms with Crippen LogP contribution in [0.25, 0.3) is 0 Å². The van der Waals surface area contributed by atoms with E-state index in [2.05, 4.69) is 36.5 Å². The molecule has 2 heteroatoms. The molecule has 19 heavy (non-hydrogen) atoms. The van der Waals surface area contributed by atoms with Crippen LogP contribution in [0.3, 0.4) is 0 Å². The van der Waals surface area contributed by atoms with E-state index in [0.717, 1.165) is 37.8 Å². The number of hydrogen-bond acceptors (Lipinski definition) is 2. The van der Waals surface area contributed by atoms with Crippen LogP contribution in [0.4, 0.5) is 0 Å². The normalized spacial score (nSPS) is 16.5. The van der Waals surface area contributed by atoms with Crippen LogP contribution in [0.5, 0.6) is 5.75 Å². The van der Waals surface area contributed by atoms with E-state index in [-0.39, 0.29) is 0 Å². The zero-order chi connectivity index (χ0) is 13.3. The van der Waals surface area contributed by atoms with E-state index in [1.807, 2.05) is 0 Å². The zero-order valence-electron chi connectivity index (χ0n) is 12.2. The highest BCUT2D eigenvalue weighted by Gasteiger charge is 2.11. The molecule has 2 rings (SSSR count). The summed E-state index contributed by atoms with van der Waals surface area (Å²) in [6, 6.07) is 9.32. The van der Waals surface area contributed by atoms with Crippen LogP contribution in [-0.2, 0) is 6.42 Å². The summed E-state index contributed by atoms with van der Waals surface area (Å²) in [4.78, 5) is 0. The number of hydrogen-bond donors (Lipinski definition) is 1. The SMILES string of the molecule is CCCOc1ccc(CCNC2CCCCC2)cc1. The number of ether oxygens (including phenoxy) is 1. The molecular formula is C17H27NO. The van der Waals surface area contributed by atoms with Gasteiger partial charge in [0.25, 0.3) is 0 Å². The molecule has 1 aliphatic rings. The molecule has 0 aliphatic heterocycles. The van der Waals surface area contributed by atoms with Gasteiger partial charge in [0.1, 0.15) is 5.75 Å². The first-order valence-corrected chi connectivity index (χ1v) is 7.83.